The average Bonchev–Trinajstić information content (AvgIpc) is 3.09. The Morgan fingerprint density at radius 1 is 0.774 bits per heavy atom. The molecular weight excluding hydrogens is 539 g/mol. The minimum atomic E-state index is 0. The molecule has 0 nitrogen and oxygen atoms in total. The molecule has 0 bridgehead atoms. The third-order valence-corrected chi connectivity index (χ3v) is 7.77. The van der Waals surface area contributed by atoms with Crippen molar-refractivity contribution in [1.29, 1.82) is 0 Å². The number of rotatable bonds is 0. The maximum atomic E-state index is 2.46. The Morgan fingerprint density at radius 2 is 1.19 bits per heavy atom. The molecule has 168 valence electrons. The zero-order valence-corrected chi connectivity index (χ0v) is 25.8. The molecule has 0 radical (unpaired) electrons. The first-order chi connectivity index (χ1) is 12.9. The molecule has 3 aromatic rings. The van der Waals surface area contributed by atoms with E-state index in [0.29, 0.717) is 10.8 Å². The van der Waals surface area contributed by atoms with Crippen LogP contribution in [0.1, 0.15) is 85.0 Å². The van der Waals surface area contributed by atoms with E-state index in [1.165, 1.54) is 57.0 Å². The van der Waals surface area contributed by atoms with Crippen molar-refractivity contribution in [1.82, 2.24) is 0 Å². The normalized spacial score (nSPS) is 15.5. The van der Waals surface area contributed by atoms with Gasteiger partial charge in [-0.05, 0) is 23.7 Å². The van der Waals surface area contributed by atoms with Crippen LogP contribution in [0.4, 0.5) is 0 Å². The fourth-order valence-corrected chi connectivity index (χ4v) is 4.82. The first-order valence-corrected chi connectivity index (χ1v) is 10.8. The van der Waals surface area contributed by atoms with E-state index in [1.807, 2.05) is 0 Å². The van der Waals surface area contributed by atoms with Crippen molar-refractivity contribution in [3.8, 4) is 0 Å². The summed E-state index contributed by atoms with van der Waals surface area (Å²) in [6, 6.07) is 9.41. The topological polar surface area (TPSA) is 0 Å². The smallest absolute Gasteiger partial charge is 0.358 e. The first-order valence-electron chi connectivity index (χ1n) is 10.8. The molecule has 0 amide bonds. The van der Waals surface area contributed by atoms with Gasteiger partial charge in [0, 0.05) is 0 Å². The molecule has 31 heavy (non-hydrogen) atoms. The van der Waals surface area contributed by atoms with Crippen LogP contribution in [0.25, 0.3) is 10.8 Å². The molecule has 0 aliphatic heterocycles. The minimum Gasteiger partial charge on any atom is -0.358 e. The second-order valence-electron chi connectivity index (χ2n) is 10.4. The van der Waals surface area contributed by atoms with E-state index in [-0.39, 0.29) is 40.7 Å². The van der Waals surface area contributed by atoms with Gasteiger partial charge in [0.2, 0.25) is 0 Å². The molecule has 3 aromatic carbocycles. The molecule has 1 heteroatoms. The average molecular weight is 583 g/mol. The summed E-state index contributed by atoms with van der Waals surface area (Å²) in [6.07, 6.45) is 2.58. The van der Waals surface area contributed by atoms with Gasteiger partial charge in [-0.25, -0.2) is 0 Å². The maximum Gasteiger partial charge on any atom is 4.00 e. The zero-order chi connectivity index (χ0) is 21.0. The van der Waals surface area contributed by atoms with Gasteiger partial charge in [0.25, 0.3) is 0 Å². The first kappa shape index (κ1) is 30.1. The Morgan fingerprint density at radius 3 is 1.58 bits per heavy atom. The largest absolute Gasteiger partial charge is 4.00 e. The Bertz CT molecular complexity index is 940. The summed E-state index contributed by atoms with van der Waals surface area (Å²) >= 11 is 0. The molecule has 0 spiro atoms. The van der Waals surface area contributed by atoms with Crippen LogP contribution in [-0.4, -0.2) is 0 Å². The van der Waals surface area contributed by atoms with Gasteiger partial charge >= 0.3 is 25.8 Å². The third kappa shape index (κ3) is 5.35. The molecule has 0 unspecified atom stereocenters. The van der Waals surface area contributed by atoms with Crippen molar-refractivity contribution < 1.29 is 25.8 Å². The third-order valence-electron chi connectivity index (χ3n) is 7.77. The molecule has 0 saturated heterocycles. The van der Waals surface area contributed by atoms with E-state index in [2.05, 4.69) is 93.5 Å². The summed E-state index contributed by atoms with van der Waals surface area (Å²) < 4.78 is 0. The summed E-state index contributed by atoms with van der Waals surface area (Å²) in [6.45, 7) is 22.8. The number of hydrogen-bond donors (Lipinski definition) is 0. The quantitative estimate of drug-likeness (QED) is 0.183. The summed E-state index contributed by atoms with van der Waals surface area (Å²) in [4.78, 5) is 0. The van der Waals surface area contributed by atoms with Crippen LogP contribution >= 0.6 is 0 Å². The molecule has 1 aliphatic rings. The molecule has 0 aromatic heterocycles. The zero-order valence-electron chi connectivity index (χ0n) is 22.2. The van der Waals surface area contributed by atoms with Crippen molar-refractivity contribution in [2.24, 2.45) is 0 Å². The van der Waals surface area contributed by atoms with Gasteiger partial charge in [-0.15, -0.1) is 29.0 Å². The molecule has 1 aliphatic carbocycles. The number of benzene rings is 1. The Kier molecular flexibility index (Phi) is 10.0. The van der Waals surface area contributed by atoms with Crippen LogP contribution in [0.3, 0.4) is 0 Å². The predicted molar refractivity (Wildman–Crippen MR) is 138 cm³/mol. The summed E-state index contributed by atoms with van der Waals surface area (Å²) in [5, 5.41) is 2.86. The van der Waals surface area contributed by atoms with Crippen molar-refractivity contribution in [2.45, 2.75) is 92.9 Å². The van der Waals surface area contributed by atoms with E-state index in [9.17, 15) is 0 Å². The second-order valence-corrected chi connectivity index (χ2v) is 10.4. The van der Waals surface area contributed by atoms with E-state index < -0.39 is 0 Å². The van der Waals surface area contributed by atoms with Gasteiger partial charge in [0.1, 0.15) is 0 Å². The number of hydrogen-bond acceptors (Lipinski definition) is 0. The van der Waals surface area contributed by atoms with Crippen LogP contribution in [0.5, 0.6) is 0 Å². The Balaban J connectivity index is 0.000000604. The van der Waals surface area contributed by atoms with Crippen LogP contribution in [0.2, 0.25) is 0 Å². The van der Waals surface area contributed by atoms with Gasteiger partial charge < -0.3 is 14.9 Å². The number of fused-ring (bicyclic) bond motifs is 2. The fourth-order valence-electron chi connectivity index (χ4n) is 4.82. The molecule has 0 heterocycles. The van der Waals surface area contributed by atoms with Gasteiger partial charge in [-0.3, -0.25) is 0 Å². The molecular formula is C30H44Hf. The van der Waals surface area contributed by atoms with Crippen LogP contribution in [0.15, 0.2) is 24.3 Å². The fraction of sp³-hybridized carbons (Fsp3) is 0.467. The van der Waals surface area contributed by atoms with Gasteiger partial charge in [-0.1, -0.05) is 80.4 Å². The van der Waals surface area contributed by atoms with E-state index in [4.69, 9.17) is 0 Å². The van der Waals surface area contributed by atoms with E-state index >= 15 is 0 Å². The second kappa shape index (κ2) is 10.3. The molecule has 0 atom stereocenters. The van der Waals surface area contributed by atoms with Crippen molar-refractivity contribution in [2.75, 3.05) is 0 Å². The van der Waals surface area contributed by atoms with Crippen molar-refractivity contribution >= 4 is 10.8 Å². The van der Waals surface area contributed by atoms with Crippen molar-refractivity contribution in [3.63, 3.8) is 0 Å². The molecule has 0 N–H and O–H groups in total. The SMILES string of the molecule is Cc1c(C)c(C)[c-](C)c1C.Cc1c[cH-]c2cc3c(cc12)C(C)(C)CCC3(C)C.[CH3-].[CH3-].[Hf+4]. The van der Waals surface area contributed by atoms with Gasteiger partial charge in [0.05, 0.1) is 0 Å². The molecule has 0 saturated carbocycles. The van der Waals surface area contributed by atoms with E-state index in [0.717, 1.165) is 0 Å². The summed E-state index contributed by atoms with van der Waals surface area (Å²) in [5.41, 5.74) is 12.5. The minimum absolute atomic E-state index is 0. The Hall–Kier alpha value is -0.950. The predicted octanol–water partition coefficient (Wildman–Crippen LogP) is 9.06. The monoisotopic (exact) mass is 584 g/mol. The van der Waals surface area contributed by atoms with Crippen molar-refractivity contribution in [3.05, 3.63) is 83.6 Å². The number of aryl methyl sites for hydroxylation is 1. The van der Waals surface area contributed by atoms with E-state index in [1.54, 1.807) is 11.1 Å². The standard InChI is InChI=1S/C18H23.C10H15.2CH3.Hf/c1-12-6-7-13-10-15-16(11-14(12)13)18(4,5)9-8-17(15,2)3;1-6-7(2)9(4)10(5)8(6)3;;;/h6-7,10-11H,8-9H2,1-5H3;1-5H3;2*1H3;/q4*-1;+4. The van der Waals surface area contributed by atoms with Crippen LogP contribution in [-0.2, 0) is 36.7 Å². The van der Waals surface area contributed by atoms with Gasteiger partial charge in [0.15, 0.2) is 0 Å². The summed E-state index contributed by atoms with van der Waals surface area (Å²) in [5.74, 6) is 0. The maximum absolute atomic E-state index is 2.46. The Labute approximate surface area is 212 Å². The van der Waals surface area contributed by atoms with Gasteiger partial charge in [-0.2, -0.15) is 39.4 Å². The molecule has 0 fully saturated rings. The molecule has 4 rings (SSSR count). The summed E-state index contributed by atoms with van der Waals surface area (Å²) in [7, 11) is 0. The van der Waals surface area contributed by atoms with Crippen LogP contribution in [0, 0.1) is 56.4 Å². The van der Waals surface area contributed by atoms with Crippen LogP contribution < -0.4 is 0 Å².